The van der Waals surface area contributed by atoms with Gasteiger partial charge in [-0.2, -0.15) is 5.26 Å². The molecule has 7 nitrogen and oxygen atoms in total. The number of hydrogen-bond donors (Lipinski definition) is 3. The van der Waals surface area contributed by atoms with Crippen molar-refractivity contribution in [3.8, 4) is 6.07 Å². The number of nitrogens with zero attached hydrogens (tertiary/aromatic N) is 1. The minimum absolute atomic E-state index is 0.00588. The first-order valence-electron chi connectivity index (χ1n) is 8.51. The van der Waals surface area contributed by atoms with Gasteiger partial charge in [0.15, 0.2) is 5.58 Å². The van der Waals surface area contributed by atoms with Gasteiger partial charge in [0.25, 0.3) is 0 Å². The molecule has 0 bridgehead atoms. The summed E-state index contributed by atoms with van der Waals surface area (Å²) < 4.78 is 4.88. The van der Waals surface area contributed by atoms with Gasteiger partial charge in [-0.15, -0.1) is 0 Å². The number of aliphatic hydroxyl groups is 2. The van der Waals surface area contributed by atoms with Crippen molar-refractivity contribution < 1.29 is 19.4 Å². The monoisotopic (exact) mass is 368 g/mol. The number of aromatic amines is 1. The number of nitrogens with one attached hydrogen (secondary N) is 1. The van der Waals surface area contributed by atoms with Gasteiger partial charge >= 0.3 is 5.76 Å². The number of aromatic nitrogens is 1. The Labute approximate surface area is 155 Å². The Balaban J connectivity index is 0.00000126. The lowest BCUT2D eigenvalue weighted by molar-refractivity contribution is 0.103. The van der Waals surface area contributed by atoms with Crippen LogP contribution in [-0.4, -0.2) is 27.6 Å². The molecule has 0 aliphatic heterocycles. The van der Waals surface area contributed by atoms with E-state index in [1.165, 1.54) is 30.4 Å². The Morgan fingerprint density at radius 1 is 1.44 bits per heavy atom. The molecule has 1 aliphatic rings. The first-order valence-corrected chi connectivity index (χ1v) is 8.51. The molecule has 3 N–H and O–H groups in total. The predicted octanol–water partition coefficient (Wildman–Crippen LogP) is 3.16. The lowest BCUT2D eigenvalue weighted by Crippen LogP contribution is -2.09. The lowest BCUT2D eigenvalue weighted by Gasteiger charge is -2.16. The second-order valence-corrected chi connectivity index (χ2v) is 5.62. The van der Waals surface area contributed by atoms with E-state index >= 15 is 0 Å². The smallest absolute Gasteiger partial charge is 0.417 e. The molecule has 1 unspecified atom stereocenters. The maximum Gasteiger partial charge on any atom is 0.417 e. The first kappa shape index (κ1) is 19.9. The molecular weight excluding hydrogens is 348 g/mol. The minimum atomic E-state index is -0.619. The van der Waals surface area contributed by atoms with Crippen LogP contribution in [0, 0.1) is 17.2 Å². The summed E-state index contributed by atoms with van der Waals surface area (Å²) in [7, 11) is 0. The summed E-state index contributed by atoms with van der Waals surface area (Å²) in [5, 5.41) is 28.2. The first-order chi connectivity index (χ1) is 13.0. The normalized spacial score (nSPS) is 16.7. The number of aliphatic hydroxyl groups excluding tert-OH is 2. The second kappa shape index (κ2) is 8.83. The molecule has 1 heterocycles. The molecule has 2 aromatic rings. The highest BCUT2D eigenvalue weighted by molar-refractivity contribution is 6.12. The van der Waals surface area contributed by atoms with Crippen LogP contribution in [0.4, 0.5) is 0 Å². The standard InChI is InChI=1S/C18H14N2O5.C2H6/c19-8-12(5-10-1-3-15(22)13(6-10)9-21)17(23)11-2-4-16-14(7-11)20-18(24)25-16;1-2/h1-5,7,10,21-22H,6,9H2,(H,20,24);1-2H3/b12-5+;. The van der Waals surface area contributed by atoms with Gasteiger partial charge in [-0.1, -0.05) is 26.0 Å². The Morgan fingerprint density at radius 3 is 2.85 bits per heavy atom. The number of allylic oxidation sites excluding steroid dienone is 4. The molecule has 0 spiro atoms. The van der Waals surface area contributed by atoms with Crippen LogP contribution in [0.5, 0.6) is 0 Å². The van der Waals surface area contributed by atoms with Gasteiger partial charge in [0.1, 0.15) is 11.8 Å². The van der Waals surface area contributed by atoms with E-state index < -0.39 is 11.5 Å². The molecule has 0 radical (unpaired) electrons. The molecule has 1 aromatic carbocycles. The number of ketones is 1. The molecule has 0 fully saturated rings. The van der Waals surface area contributed by atoms with Crippen molar-refractivity contribution in [3.63, 3.8) is 0 Å². The van der Waals surface area contributed by atoms with E-state index in [0.717, 1.165) is 0 Å². The van der Waals surface area contributed by atoms with E-state index in [2.05, 4.69) is 4.98 Å². The molecule has 0 saturated heterocycles. The Kier molecular flexibility index (Phi) is 6.52. The van der Waals surface area contributed by atoms with E-state index in [0.29, 0.717) is 23.1 Å². The summed E-state index contributed by atoms with van der Waals surface area (Å²) in [4.78, 5) is 26.2. The van der Waals surface area contributed by atoms with E-state index in [9.17, 15) is 25.1 Å². The summed E-state index contributed by atoms with van der Waals surface area (Å²) in [5.41, 5.74) is 1.34. The Bertz CT molecular complexity index is 1030. The van der Waals surface area contributed by atoms with Crippen LogP contribution in [0.15, 0.2) is 62.5 Å². The molecule has 3 rings (SSSR count). The van der Waals surface area contributed by atoms with E-state index in [-0.39, 0.29) is 29.4 Å². The zero-order valence-corrected chi connectivity index (χ0v) is 15.0. The number of fused-ring (bicyclic) bond motifs is 1. The third kappa shape index (κ3) is 4.43. The largest absolute Gasteiger partial charge is 0.508 e. The van der Waals surface area contributed by atoms with Crippen molar-refractivity contribution >= 4 is 16.9 Å². The van der Waals surface area contributed by atoms with Gasteiger partial charge in [0.05, 0.1) is 17.7 Å². The van der Waals surface area contributed by atoms with Crippen LogP contribution in [0.1, 0.15) is 30.6 Å². The molecule has 27 heavy (non-hydrogen) atoms. The number of rotatable bonds is 4. The van der Waals surface area contributed by atoms with Crippen molar-refractivity contribution in [2.75, 3.05) is 6.61 Å². The number of oxazole rings is 1. The van der Waals surface area contributed by atoms with Crippen LogP contribution in [0.3, 0.4) is 0 Å². The van der Waals surface area contributed by atoms with E-state index in [4.69, 9.17) is 4.42 Å². The predicted molar refractivity (Wildman–Crippen MR) is 100 cm³/mol. The van der Waals surface area contributed by atoms with Gasteiger partial charge in [-0.25, -0.2) is 4.79 Å². The average molecular weight is 368 g/mol. The summed E-state index contributed by atoms with van der Waals surface area (Å²) in [5.74, 6) is -1.38. The lowest BCUT2D eigenvalue weighted by atomic mass is 9.90. The summed E-state index contributed by atoms with van der Waals surface area (Å²) in [6.07, 6.45) is 4.93. The quantitative estimate of drug-likeness (QED) is 0.432. The highest BCUT2D eigenvalue weighted by Crippen LogP contribution is 2.25. The van der Waals surface area contributed by atoms with Crippen molar-refractivity contribution in [2.24, 2.45) is 5.92 Å². The highest BCUT2D eigenvalue weighted by Gasteiger charge is 2.19. The van der Waals surface area contributed by atoms with Crippen molar-refractivity contribution in [2.45, 2.75) is 20.3 Å². The van der Waals surface area contributed by atoms with Crippen LogP contribution in [0.2, 0.25) is 0 Å². The molecule has 0 amide bonds. The summed E-state index contributed by atoms with van der Waals surface area (Å²) >= 11 is 0. The summed E-state index contributed by atoms with van der Waals surface area (Å²) in [6, 6.07) is 6.31. The molecule has 1 atom stereocenters. The number of Topliss-reactive ketones (excluding diaryl/α,β-unsaturated/α-hetero) is 1. The fraction of sp³-hybridized carbons (Fsp3) is 0.250. The second-order valence-electron chi connectivity index (χ2n) is 5.62. The van der Waals surface area contributed by atoms with E-state index in [1.807, 2.05) is 19.9 Å². The van der Waals surface area contributed by atoms with Crippen LogP contribution < -0.4 is 5.76 Å². The number of H-pyrrole nitrogens is 1. The molecule has 140 valence electrons. The fourth-order valence-electron chi connectivity index (χ4n) is 2.68. The topological polar surface area (TPSA) is 127 Å². The van der Waals surface area contributed by atoms with Gasteiger partial charge in [0, 0.05) is 11.5 Å². The van der Waals surface area contributed by atoms with Gasteiger partial charge in [-0.05, 0) is 36.3 Å². The van der Waals surface area contributed by atoms with E-state index in [1.54, 1.807) is 6.08 Å². The van der Waals surface area contributed by atoms with Gasteiger partial charge < -0.3 is 14.6 Å². The van der Waals surface area contributed by atoms with Crippen molar-refractivity contribution in [1.29, 1.82) is 5.26 Å². The number of carbonyl (C=O) groups excluding carboxylic acids is 1. The molecule has 7 heteroatoms. The molecule has 1 aliphatic carbocycles. The Hall–Kier alpha value is -3.37. The van der Waals surface area contributed by atoms with Crippen LogP contribution in [0.25, 0.3) is 11.1 Å². The van der Waals surface area contributed by atoms with Crippen molar-refractivity contribution in [3.05, 3.63) is 69.4 Å². The molecule has 1 aromatic heterocycles. The maximum absolute atomic E-state index is 12.6. The molecular formula is C20H20N2O5. The maximum atomic E-state index is 12.6. The highest BCUT2D eigenvalue weighted by atomic mass is 16.4. The fourth-order valence-corrected chi connectivity index (χ4v) is 2.68. The third-order valence-electron chi connectivity index (χ3n) is 3.96. The third-order valence-corrected chi connectivity index (χ3v) is 3.96. The molecule has 0 saturated carbocycles. The number of benzene rings is 1. The Morgan fingerprint density at radius 2 is 2.19 bits per heavy atom. The van der Waals surface area contributed by atoms with Gasteiger partial charge in [-0.3, -0.25) is 9.78 Å². The minimum Gasteiger partial charge on any atom is -0.508 e. The SMILES string of the molecule is CC.N#C/C(=C\C1C=CC(O)=C(CO)C1)C(=O)c1ccc2oc(=O)[nH]c2c1. The van der Waals surface area contributed by atoms with Crippen LogP contribution >= 0.6 is 0 Å². The number of nitriles is 1. The number of hydrogen-bond acceptors (Lipinski definition) is 6. The van der Waals surface area contributed by atoms with Gasteiger partial charge in [0.2, 0.25) is 5.78 Å². The zero-order chi connectivity index (χ0) is 20.0. The average Bonchev–Trinajstić information content (AvgIpc) is 3.07. The number of carbonyl (C=O) groups is 1. The van der Waals surface area contributed by atoms with Crippen molar-refractivity contribution in [1.82, 2.24) is 4.98 Å². The van der Waals surface area contributed by atoms with Crippen LogP contribution in [-0.2, 0) is 0 Å². The summed E-state index contributed by atoms with van der Waals surface area (Å²) in [6.45, 7) is 3.71. The zero-order valence-electron chi connectivity index (χ0n) is 15.0.